The molecule has 38 heavy (non-hydrogen) atoms. The monoisotopic (exact) mass is 502 g/mol. The maximum atomic E-state index is 12.7. The molecule has 0 N–H and O–H groups in total. The summed E-state index contributed by atoms with van der Waals surface area (Å²) in [6.07, 6.45) is 0.712. The second kappa shape index (κ2) is 11.7. The van der Waals surface area contributed by atoms with E-state index in [1.165, 1.54) is 0 Å². The van der Waals surface area contributed by atoms with Crippen LogP contribution < -0.4 is 9.80 Å². The Hall–Kier alpha value is -4.44. The quantitative estimate of drug-likeness (QED) is 0.225. The van der Waals surface area contributed by atoms with E-state index in [0.717, 1.165) is 39.2 Å². The summed E-state index contributed by atoms with van der Waals surface area (Å²) < 4.78 is 0. The van der Waals surface area contributed by atoms with Crippen LogP contribution in [0.5, 0.6) is 0 Å². The minimum atomic E-state index is 0.0978. The van der Waals surface area contributed by atoms with Gasteiger partial charge in [-0.15, -0.1) is 0 Å². The Balaban J connectivity index is 1.36. The number of nitrogens with zero attached hydrogens (tertiary/aromatic N) is 2. The summed E-state index contributed by atoms with van der Waals surface area (Å²) in [5.74, 6) is 0.196. The third-order valence-corrected chi connectivity index (χ3v) is 6.75. The Morgan fingerprint density at radius 2 is 0.789 bits per heavy atom. The number of carbonyl (C=O) groups excluding carboxylic acids is 2. The number of anilines is 2. The predicted octanol–water partition coefficient (Wildman–Crippen LogP) is 6.73. The Morgan fingerprint density at radius 3 is 1.08 bits per heavy atom. The molecule has 0 amide bonds. The largest absolute Gasteiger partial charge is 0.378 e. The Morgan fingerprint density at radius 1 is 0.500 bits per heavy atom. The fourth-order valence-electron chi connectivity index (χ4n) is 4.28. The first-order chi connectivity index (χ1) is 18.2. The maximum Gasteiger partial charge on any atom is 0.167 e. The van der Waals surface area contributed by atoms with Gasteiger partial charge in [-0.3, -0.25) is 9.59 Å². The van der Waals surface area contributed by atoms with E-state index in [1.54, 1.807) is 0 Å². The highest BCUT2D eigenvalue weighted by atomic mass is 16.1. The van der Waals surface area contributed by atoms with Crippen LogP contribution in [-0.4, -0.2) is 39.8 Å². The van der Waals surface area contributed by atoms with Crippen molar-refractivity contribution in [3.05, 3.63) is 137 Å². The van der Waals surface area contributed by atoms with Crippen molar-refractivity contribution in [3.63, 3.8) is 0 Å². The van der Waals surface area contributed by atoms with Crippen LogP contribution in [-0.2, 0) is 12.8 Å². The van der Waals surface area contributed by atoms with Crippen molar-refractivity contribution in [3.8, 4) is 0 Å². The molecule has 0 aliphatic carbocycles. The fourth-order valence-corrected chi connectivity index (χ4v) is 4.28. The van der Waals surface area contributed by atoms with E-state index in [2.05, 4.69) is 6.58 Å². The van der Waals surface area contributed by atoms with Gasteiger partial charge in [-0.2, -0.15) is 0 Å². The normalized spacial score (nSPS) is 10.6. The number of carbonyl (C=O) groups is 2. The first-order valence-corrected chi connectivity index (χ1v) is 12.7. The standard InChI is InChI=1S/C34H34N2O2/c1-24(27-10-6-25(7-11-27)22-33(37)29-14-18-31(19-15-29)35(2)3)28-12-8-26(9-13-28)23-34(38)30-16-20-32(21-17-30)36(4)5/h6-21H,1,22-23H2,2-5H3. The maximum absolute atomic E-state index is 12.7. The number of hydrogen-bond acceptors (Lipinski definition) is 4. The molecule has 0 bridgehead atoms. The van der Waals surface area contributed by atoms with Crippen molar-refractivity contribution in [1.29, 1.82) is 0 Å². The molecule has 192 valence electrons. The van der Waals surface area contributed by atoms with Crippen LogP contribution in [0.1, 0.15) is 43.0 Å². The molecule has 4 heteroatoms. The number of Topliss-reactive ketones (excluding diaryl/α,β-unsaturated/α-hetero) is 2. The highest BCUT2D eigenvalue weighted by molar-refractivity contribution is 5.98. The number of benzene rings is 4. The lowest BCUT2D eigenvalue weighted by Gasteiger charge is -2.12. The van der Waals surface area contributed by atoms with Crippen molar-refractivity contribution >= 4 is 28.5 Å². The van der Waals surface area contributed by atoms with Crippen LogP contribution in [0.25, 0.3) is 5.57 Å². The van der Waals surface area contributed by atoms with Gasteiger partial charge < -0.3 is 9.80 Å². The number of rotatable bonds is 10. The van der Waals surface area contributed by atoms with Gasteiger partial charge in [0.15, 0.2) is 11.6 Å². The highest BCUT2D eigenvalue weighted by Crippen LogP contribution is 2.24. The second-order valence-corrected chi connectivity index (χ2v) is 9.95. The smallest absolute Gasteiger partial charge is 0.167 e. The summed E-state index contributed by atoms with van der Waals surface area (Å²) in [6, 6.07) is 31.4. The molecule has 0 aliphatic rings. The van der Waals surface area contributed by atoms with Gasteiger partial charge in [0.25, 0.3) is 0 Å². The van der Waals surface area contributed by atoms with Crippen molar-refractivity contribution in [2.24, 2.45) is 0 Å². The van der Waals surface area contributed by atoms with Gasteiger partial charge >= 0.3 is 0 Å². The molecule has 0 spiro atoms. The molecule has 0 saturated carbocycles. The average molecular weight is 503 g/mol. The van der Waals surface area contributed by atoms with Crippen LogP contribution in [0.4, 0.5) is 11.4 Å². The van der Waals surface area contributed by atoms with Gasteiger partial charge in [0.2, 0.25) is 0 Å². The summed E-state index contributed by atoms with van der Waals surface area (Å²) in [7, 11) is 7.92. The van der Waals surface area contributed by atoms with Crippen LogP contribution in [0, 0.1) is 0 Å². The summed E-state index contributed by atoms with van der Waals surface area (Å²) in [4.78, 5) is 29.5. The molecule has 0 fully saturated rings. The fraction of sp³-hybridized carbons (Fsp3) is 0.176. The van der Waals surface area contributed by atoms with Gasteiger partial charge in [0.1, 0.15) is 0 Å². The molecule has 4 rings (SSSR count). The topological polar surface area (TPSA) is 40.6 Å². The third-order valence-electron chi connectivity index (χ3n) is 6.75. The average Bonchev–Trinajstić information content (AvgIpc) is 2.93. The molecule has 0 atom stereocenters. The molecule has 0 aromatic heterocycles. The molecule has 0 aliphatic heterocycles. The van der Waals surface area contributed by atoms with Gasteiger partial charge in [0.05, 0.1) is 0 Å². The number of ketones is 2. The lowest BCUT2D eigenvalue weighted by atomic mass is 9.95. The SMILES string of the molecule is C=C(c1ccc(CC(=O)c2ccc(N(C)C)cc2)cc1)c1ccc(CC(=O)c2ccc(N(C)C)cc2)cc1. The summed E-state index contributed by atoms with van der Waals surface area (Å²) >= 11 is 0. The van der Waals surface area contributed by atoms with Crippen molar-refractivity contribution in [1.82, 2.24) is 0 Å². The van der Waals surface area contributed by atoms with Gasteiger partial charge in [0, 0.05) is 63.5 Å². The highest BCUT2D eigenvalue weighted by Gasteiger charge is 2.11. The third kappa shape index (κ3) is 6.46. The summed E-state index contributed by atoms with van der Waals surface area (Å²) in [5, 5.41) is 0. The molecule has 4 aromatic rings. The molecule has 4 nitrogen and oxygen atoms in total. The predicted molar refractivity (Wildman–Crippen MR) is 159 cm³/mol. The number of hydrogen-bond donors (Lipinski definition) is 0. The first kappa shape index (κ1) is 26.6. The van der Waals surface area contributed by atoms with Gasteiger partial charge in [-0.1, -0.05) is 55.1 Å². The molecule has 0 unspecified atom stereocenters. The van der Waals surface area contributed by atoms with Crippen LogP contribution in [0.15, 0.2) is 104 Å². The van der Waals surface area contributed by atoms with Crippen LogP contribution in [0.3, 0.4) is 0 Å². The zero-order valence-corrected chi connectivity index (χ0v) is 22.6. The molecular weight excluding hydrogens is 468 g/mol. The molecular formula is C34H34N2O2. The summed E-state index contributed by atoms with van der Waals surface area (Å²) in [6.45, 7) is 4.27. The first-order valence-electron chi connectivity index (χ1n) is 12.7. The lowest BCUT2D eigenvalue weighted by Crippen LogP contribution is -2.09. The molecule has 0 heterocycles. The van der Waals surface area contributed by atoms with E-state index >= 15 is 0 Å². The van der Waals surface area contributed by atoms with Crippen LogP contribution in [0.2, 0.25) is 0 Å². The van der Waals surface area contributed by atoms with E-state index in [1.807, 2.05) is 135 Å². The minimum Gasteiger partial charge on any atom is -0.378 e. The van der Waals surface area contributed by atoms with Gasteiger partial charge in [-0.05, 0) is 76.4 Å². The van der Waals surface area contributed by atoms with Crippen LogP contribution >= 0.6 is 0 Å². The van der Waals surface area contributed by atoms with E-state index in [4.69, 9.17) is 0 Å². The van der Waals surface area contributed by atoms with Crippen molar-refractivity contribution < 1.29 is 9.59 Å². The zero-order valence-electron chi connectivity index (χ0n) is 22.6. The van der Waals surface area contributed by atoms with Gasteiger partial charge in [-0.25, -0.2) is 0 Å². The Kier molecular flexibility index (Phi) is 8.22. The minimum absolute atomic E-state index is 0.0978. The molecule has 0 radical (unpaired) electrons. The second-order valence-electron chi connectivity index (χ2n) is 9.95. The van der Waals surface area contributed by atoms with Crippen molar-refractivity contribution in [2.75, 3.05) is 38.0 Å². The van der Waals surface area contributed by atoms with E-state index < -0.39 is 0 Å². The lowest BCUT2D eigenvalue weighted by molar-refractivity contribution is 0.0985. The Bertz CT molecular complexity index is 1300. The molecule has 0 saturated heterocycles. The zero-order chi connectivity index (χ0) is 27.2. The summed E-state index contributed by atoms with van der Waals surface area (Å²) in [5.41, 5.74) is 8.41. The van der Waals surface area contributed by atoms with E-state index in [-0.39, 0.29) is 11.6 Å². The van der Waals surface area contributed by atoms with E-state index in [0.29, 0.717) is 24.0 Å². The van der Waals surface area contributed by atoms with E-state index in [9.17, 15) is 9.59 Å². The van der Waals surface area contributed by atoms with Crippen molar-refractivity contribution in [2.45, 2.75) is 12.8 Å². The Labute approximate surface area is 225 Å². The molecule has 4 aromatic carbocycles.